The Balaban J connectivity index is 2.68. The van der Waals surface area contributed by atoms with Gasteiger partial charge in [0.05, 0.1) is 6.61 Å². The summed E-state index contributed by atoms with van der Waals surface area (Å²) >= 11 is 0. The van der Waals surface area contributed by atoms with Gasteiger partial charge >= 0.3 is 5.97 Å². The van der Waals surface area contributed by atoms with E-state index in [4.69, 9.17) is 4.74 Å². The van der Waals surface area contributed by atoms with Gasteiger partial charge in [0.25, 0.3) is 0 Å². The summed E-state index contributed by atoms with van der Waals surface area (Å²) in [6, 6.07) is 0. The van der Waals surface area contributed by atoms with Crippen LogP contribution in [0.25, 0.3) is 0 Å². The molecule has 0 N–H and O–H groups in total. The molecule has 2 nitrogen and oxygen atoms in total. The average molecular weight is 264 g/mol. The Morgan fingerprint density at radius 1 is 1.47 bits per heavy atom. The van der Waals surface area contributed by atoms with Crippen molar-refractivity contribution in [2.45, 2.75) is 60.3 Å². The molecule has 0 saturated carbocycles. The molecule has 0 aromatic rings. The highest BCUT2D eigenvalue weighted by molar-refractivity contribution is 5.68. The van der Waals surface area contributed by atoms with Gasteiger partial charge in [0.1, 0.15) is 0 Å². The van der Waals surface area contributed by atoms with Crippen molar-refractivity contribution in [3.63, 3.8) is 0 Å². The Bertz CT molecular complexity index is 388. The van der Waals surface area contributed by atoms with Crippen LogP contribution in [0.2, 0.25) is 0 Å². The lowest BCUT2D eigenvalue weighted by Crippen LogP contribution is -2.23. The molecule has 1 aliphatic carbocycles. The summed E-state index contributed by atoms with van der Waals surface area (Å²) in [6.07, 6.45) is 3.82. The van der Waals surface area contributed by atoms with Crippen molar-refractivity contribution < 1.29 is 9.53 Å². The van der Waals surface area contributed by atoms with Crippen molar-refractivity contribution in [3.8, 4) is 0 Å². The molecule has 0 radical (unpaired) electrons. The Labute approximate surface area is 117 Å². The summed E-state index contributed by atoms with van der Waals surface area (Å²) in [4.78, 5) is 11.3. The minimum absolute atomic E-state index is 0.000532. The number of esters is 1. The maximum Gasteiger partial charge on any atom is 0.305 e. The third-order valence-corrected chi connectivity index (χ3v) is 3.95. The number of rotatable bonds is 6. The third kappa shape index (κ3) is 4.52. The highest BCUT2D eigenvalue weighted by Crippen LogP contribution is 2.42. The van der Waals surface area contributed by atoms with Crippen LogP contribution in [-0.4, -0.2) is 12.6 Å². The summed E-state index contributed by atoms with van der Waals surface area (Å²) in [5, 5.41) is 0. The van der Waals surface area contributed by atoms with Gasteiger partial charge < -0.3 is 4.74 Å². The molecule has 0 amide bonds. The van der Waals surface area contributed by atoms with Gasteiger partial charge in [-0.15, -0.1) is 0 Å². The molecule has 1 aliphatic rings. The number of ether oxygens (including phenoxy) is 1. The van der Waals surface area contributed by atoms with Crippen molar-refractivity contribution in [1.29, 1.82) is 0 Å². The van der Waals surface area contributed by atoms with Crippen molar-refractivity contribution in [1.82, 2.24) is 0 Å². The zero-order valence-corrected chi connectivity index (χ0v) is 13.1. The van der Waals surface area contributed by atoms with Crippen molar-refractivity contribution in [2.75, 3.05) is 6.61 Å². The van der Waals surface area contributed by atoms with Crippen LogP contribution in [0.1, 0.15) is 60.3 Å². The fraction of sp³-hybridized carbons (Fsp3) is 0.706. The second kappa shape index (κ2) is 6.40. The summed E-state index contributed by atoms with van der Waals surface area (Å²) in [5.41, 5.74) is 4.28. The highest BCUT2D eigenvalue weighted by Gasteiger charge is 2.30. The molecule has 0 unspecified atom stereocenters. The summed E-state index contributed by atoms with van der Waals surface area (Å²) < 4.78 is 5.31. The molecule has 0 spiro atoms. The molecule has 0 aromatic heterocycles. The molecule has 1 rings (SSSR count). The first-order valence-corrected chi connectivity index (χ1v) is 7.26. The van der Waals surface area contributed by atoms with Crippen LogP contribution in [-0.2, 0) is 9.53 Å². The first kappa shape index (κ1) is 16.0. The Morgan fingerprint density at radius 2 is 2.11 bits per heavy atom. The fourth-order valence-corrected chi connectivity index (χ4v) is 2.76. The number of carbonyl (C=O) groups excluding carboxylic acids is 1. The van der Waals surface area contributed by atoms with Crippen LogP contribution in [0, 0.1) is 11.3 Å². The lowest BCUT2D eigenvalue weighted by molar-refractivity contribution is -0.146. The van der Waals surface area contributed by atoms with E-state index in [1.54, 1.807) is 0 Å². The van der Waals surface area contributed by atoms with Crippen LogP contribution >= 0.6 is 0 Å². The van der Waals surface area contributed by atoms with E-state index < -0.39 is 0 Å². The number of hydrogen-bond acceptors (Lipinski definition) is 2. The number of carbonyl (C=O) groups is 1. The van der Waals surface area contributed by atoms with E-state index in [0.29, 0.717) is 18.9 Å². The lowest BCUT2D eigenvalue weighted by atomic mass is 9.80. The first-order chi connectivity index (χ1) is 8.76. The van der Waals surface area contributed by atoms with Crippen molar-refractivity contribution in [3.05, 3.63) is 23.3 Å². The summed E-state index contributed by atoms with van der Waals surface area (Å²) in [6.45, 7) is 15.1. The largest absolute Gasteiger partial charge is 0.465 e. The Kier molecular flexibility index (Phi) is 5.39. The molecule has 0 aliphatic heterocycles. The summed E-state index contributed by atoms with van der Waals surface area (Å²) in [7, 11) is 0. The van der Waals surface area contributed by atoms with Crippen LogP contribution in [0.4, 0.5) is 0 Å². The molecule has 0 fully saturated rings. The molecular formula is C17H28O2. The van der Waals surface area contributed by atoms with Gasteiger partial charge in [-0.05, 0) is 33.1 Å². The van der Waals surface area contributed by atoms with Gasteiger partial charge in [0, 0.05) is 17.8 Å². The van der Waals surface area contributed by atoms with E-state index in [1.807, 2.05) is 6.92 Å². The first-order valence-electron chi connectivity index (χ1n) is 7.26. The topological polar surface area (TPSA) is 26.3 Å². The number of allylic oxidation sites excluding steroid dienone is 3. The molecular weight excluding hydrogens is 236 g/mol. The molecule has 1 atom stereocenters. The monoisotopic (exact) mass is 264 g/mol. The highest BCUT2D eigenvalue weighted by atomic mass is 16.5. The van der Waals surface area contributed by atoms with Crippen LogP contribution < -0.4 is 0 Å². The van der Waals surface area contributed by atoms with E-state index in [9.17, 15) is 4.79 Å². The predicted octanol–water partition coefficient (Wildman–Crippen LogP) is 4.66. The van der Waals surface area contributed by atoms with Gasteiger partial charge in [0.15, 0.2) is 0 Å². The minimum Gasteiger partial charge on any atom is -0.465 e. The summed E-state index contributed by atoms with van der Waals surface area (Å²) in [5.74, 6) is 0.419. The molecule has 108 valence electrons. The minimum atomic E-state index is -0.110. The predicted molar refractivity (Wildman–Crippen MR) is 79.9 cm³/mol. The average Bonchev–Trinajstić information content (AvgIpc) is 2.67. The maximum atomic E-state index is 11.3. The van der Waals surface area contributed by atoms with Crippen LogP contribution in [0.5, 0.6) is 0 Å². The van der Waals surface area contributed by atoms with Crippen LogP contribution in [0.15, 0.2) is 23.3 Å². The van der Waals surface area contributed by atoms with Gasteiger partial charge in [-0.25, -0.2) is 0 Å². The maximum absolute atomic E-state index is 11.3. The second-order valence-corrected chi connectivity index (χ2v) is 6.60. The normalized spacial score (nSPS) is 19.7. The SMILES string of the molecule is C=C(C)[C@@H]1CCC(C)=C1CC(C)(C)COC(=O)CC. The van der Waals surface area contributed by atoms with E-state index in [-0.39, 0.29) is 11.4 Å². The van der Waals surface area contributed by atoms with E-state index in [1.165, 1.54) is 29.6 Å². The zero-order valence-electron chi connectivity index (χ0n) is 13.1. The van der Waals surface area contributed by atoms with Gasteiger partial charge in [-0.2, -0.15) is 0 Å². The molecule has 19 heavy (non-hydrogen) atoms. The standard InChI is InChI=1S/C17H28O2/c1-7-16(18)19-11-17(5,6)10-15-13(4)8-9-14(15)12(2)3/h14H,2,7-11H2,1,3-6H3/t14-/m0/s1. The molecule has 0 aromatic carbocycles. The van der Waals surface area contributed by atoms with Crippen molar-refractivity contribution >= 4 is 5.97 Å². The Hall–Kier alpha value is -1.05. The zero-order chi connectivity index (χ0) is 14.6. The smallest absolute Gasteiger partial charge is 0.305 e. The van der Waals surface area contributed by atoms with E-state index in [0.717, 1.165) is 6.42 Å². The molecule has 2 heteroatoms. The van der Waals surface area contributed by atoms with E-state index in [2.05, 4.69) is 34.3 Å². The third-order valence-electron chi connectivity index (χ3n) is 3.95. The van der Waals surface area contributed by atoms with Gasteiger partial charge in [-0.3, -0.25) is 4.79 Å². The Morgan fingerprint density at radius 3 is 2.63 bits per heavy atom. The quantitative estimate of drug-likeness (QED) is 0.515. The van der Waals surface area contributed by atoms with Gasteiger partial charge in [-0.1, -0.05) is 44.1 Å². The lowest BCUT2D eigenvalue weighted by Gasteiger charge is -2.28. The fourth-order valence-electron chi connectivity index (χ4n) is 2.76. The second-order valence-electron chi connectivity index (χ2n) is 6.60. The van der Waals surface area contributed by atoms with Crippen LogP contribution in [0.3, 0.4) is 0 Å². The van der Waals surface area contributed by atoms with Crippen molar-refractivity contribution in [2.24, 2.45) is 11.3 Å². The molecule has 0 saturated heterocycles. The van der Waals surface area contributed by atoms with E-state index >= 15 is 0 Å². The molecule has 0 heterocycles. The van der Waals surface area contributed by atoms with Gasteiger partial charge in [0.2, 0.25) is 0 Å². The number of hydrogen-bond donors (Lipinski definition) is 0. The molecule has 0 bridgehead atoms.